The first-order valence-electron chi connectivity index (χ1n) is 6.19. The molecule has 20 heavy (non-hydrogen) atoms. The van der Waals surface area contributed by atoms with Gasteiger partial charge in [-0.1, -0.05) is 13.8 Å². The monoisotopic (exact) mass is 345 g/mol. The van der Waals surface area contributed by atoms with Crippen LogP contribution in [-0.4, -0.2) is 25.0 Å². The summed E-state index contributed by atoms with van der Waals surface area (Å²) >= 11 is 3.02. The molecule has 1 rings (SSSR count). The van der Waals surface area contributed by atoms with Crippen LogP contribution in [0.4, 0.5) is 4.39 Å². The number of halogens is 2. The summed E-state index contributed by atoms with van der Waals surface area (Å²) in [5.74, 6) is -1.34. The number of methoxy groups -OCH3 is 1. The zero-order valence-electron chi connectivity index (χ0n) is 11.6. The van der Waals surface area contributed by atoms with Crippen LogP contribution in [0.1, 0.15) is 30.6 Å². The molecule has 1 amide bonds. The van der Waals surface area contributed by atoms with Crippen LogP contribution in [0.15, 0.2) is 22.7 Å². The number of hydrogen-bond donors (Lipinski definition) is 1. The Labute approximate surface area is 125 Å². The number of hydrogen-bond acceptors (Lipinski definition) is 3. The number of amides is 1. The lowest BCUT2D eigenvalue weighted by molar-refractivity contribution is -0.143. The minimum Gasteiger partial charge on any atom is -0.467 e. The molecular weight excluding hydrogens is 329 g/mol. The maximum atomic E-state index is 13.4. The maximum Gasteiger partial charge on any atom is 0.328 e. The van der Waals surface area contributed by atoms with Gasteiger partial charge in [0.1, 0.15) is 11.9 Å². The third kappa shape index (κ3) is 4.59. The van der Waals surface area contributed by atoms with E-state index in [9.17, 15) is 14.0 Å². The normalized spacial score (nSPS) is 12.1. The van der Waals surface area contributed by atoms with Crippen LogP contribution in [-0.2, 0) is 9.53 Å². The third-order valence-corrected chi connectivity index (χ3v) is 3.32. The number of rotatable bonds is 5. The second kappa shape index (κ2) is 7.38. The highest BCUT2D eigenvalue weighted by Crippen LogP contribution is 2.16. The Hall–Kier alpha value is -1.43. The van der Waals surface area contributed by atoms with Gasteiger partial charge in [0, 0.05) is 5.56 Å². The van der Waals surface area contributed by atoms with E-state index in [1.165, 1.54) is 19.2 Å². The van der Waals surface area contributed by atoms with Gasteiger partial charge in [0.2, 0.25) is 0 Å². The van der Waals surface area contributed by atoms with Crippen molar-refractivity contribution < 1.29 is 18.7 Å². The number of ether oxygens (including phenoxy) is 1. The zero-order valence-corrected chi connectivity index (χ0v) is 13.2. The molecule has 0 aliphatic heterocycles. The first-order valence-corrected chi connectivity index (χ1v) is 6.98. The number of carbonyl (C=O) groups is 2. The van der Waals surface area contributed by atoms with Crippen molar-refractivity contribution in [2.45, 2.75) is 26.3 Å². The molecule has 0 aliphatic rings. The lowest BCUT2D eigenvalue weighted by atomic mass is 10.0. The smallest absolute Gasteiger partial charge is 0.328 e. The minimum absolute atomic E-state index is 0.156. The van der Waals surface area contributed by atoms with E-state index in [1.807, 2.05) is 13.8 Å². The Balaban J connectivity index is 2.84. The van der Waals surface area contributed by atoms with Crippen molar-refractivity contribution in [3.05, 3.63) is 34.1 Å². The summed E-state index contributed by atoms with van der Waals surface area (Å²) in [6.07, 6.45) is 0.456. The molecule has 1 unspecified atom stereocenters. The molecule has 0 heterocycles. The van der Waals surface area contributed by atoms with Gasteiger partial charge in [-0.3, -0.25) is 4.79 Å². The van der Waals surface area contributed by atoms with E-state index in [1.54, 1.807) is 0 Å². The Morgan fingerprint density at radius 2 is 2.05 bits per heavy atom. The fourth-order valence-electron chi connectivity index (χ4n) is 1.71. The highest BCUT2D eigenvalue weighted by molar-refractivity contribution is 9.10. The van der Waals surface area contributed by atoms with Gasteiger partial charge in [0.25, 0.3) is 5.91 Å². The number of benzene rings is 1. The van der Waals surface area contributed by atoms with E-state index in [4.69, 9.17) is 0 Å². The van der Waals surface area contributed by atoms with E-state index >= 15 is 0 Å². The van der Waals surface area contributed by atoms with Crippen molar-refractivity contribution in [3.63, 3.8) is 0 Å². The molecule has 110 valence electrons. The number of nitrogens with one attached hydrogen (secondary N) is 1. The standard InChI is InChI=1S/C14H17BrFNO3/c1-8(2)6-12(14(19)20-3)17-13(18)9-4-5-10(15)11(16)7-9/h4-5,7-8,12H,6H2,1-3H3,(H,17,18). The van der Waals surface area contributed by atoms with Crippen LogP contribution in [0, 0.1) is 11.7 Å². The Morgan fingerprint density at radius 3 is 2.55 bits per heavy atom. The van der Waals surface area contributed by atoms with Crippen molar-refractivity contribution in [2.24, 2.45) is 5.92 Å². The van der Waals surface area contributed by atoms with Crippen LogP contribution in [0.25, 0.3) is 0 Å². The van der Waals surface area contributed by atoms with Crippen molar-refractivity contribution >= 4 is 27.8 Å². The van der Waals surface area contributed by atoms with Crippen molar-refractivity contribution in [1.82, 2.24) is 5.32 Å². The van der Waals surface area contributed by atoms with Gasteiger partial charge in [0.15, 0.2) is 0 Å². The second-order valence-corrected chi connectivity index (χ2v) is 5.66. The van der Waals surface area contributed by atoms with E-state index in [-0.39, 0.29) is 16.0 Å². The summed E-state index contributed by atoms with van der Waals surface area (Å²) in [4.78, 5) is 23.6. The molecule has 0 spiro atoms. The minimum atomic E-state index is -0.737. The summed E-state index contributed by atoms with van der Waals surface area (Å²) in [6, 6.07) is 3.30. The highest BCUT2D eigenvalue weighted by atomic mass is 79.9. The van der Waals surface area contributed by atoms with Crippen molar-refractivity contribution in [2.75, 3.05) is 7.11 Å². The molecule has 1 N–H and O–H groups in total. The fraction of sp³-hybridized carbons (Fsp3) is 0.429. The maximum absolute atomic E-state index is 13.4. The molecule has 0 radical (unpaired) electrons. The lowest BCUT2D eigenvalue weighted by Gasteiger charge is -2.18. The Morgan fingerprint density at radius 1 is 1.40 bits per heavy atom. The quantitative estimate of drug-likeness (QED) is 0.834. The number of esters is 1. The van der Waals surface area contributed by atoms with E-state index in [0.717, 1.165) is 6.07 Å². The summed E-state index contributed by atoms with van der Waals surface area (Å²) in [5, 5.41) is 2.57. The Bertz CT molecular complexity index is 505. The molecule has 0 saturated heterocycles. The van der Waals surface area contributed by atoms with Crippen LogP contribution in [0.5, 0.6) is 0 Å². The number of carbonyl (C=O) groups excluding carboxylic acids is 2. The molecule has 1 atom stereocenters. The van der Waals surface area contributed by atoms with E-state index < -0.39 is 23.7 Å². The molecule has 0 fully saturated rings. The lowest BCUT2D eigenvalue weighted by Crippen LogP contribution is -2.42. The first kappa shape index (κ1) is 16.6. The van der Waals surface area contributed by atoms with Gasteiger partial charge < -0.3 is 10.1 Å². The zero-order chi connectivity index (χ0) is 15.3. The molecule has 1 aromatic carbocycles. The van der Waals surface area contributed by atoms with Crippen LogP contribution < -0.4 is 5.32 Å². The van der Waals surface area contributed by atoms with Crippen LogP contribution in [0.3, 0.4) is 0 Å². The van der Waals surface area contributed by atoms with E-state index in [0.29, 0.717) is 6.42 Å². The van der Waals surface area contributed by atoms with Crippen molar-refractivity contribution in [1.29, 1.82) is 0 Å². The largest absolute Gasteiger partial charge is 0.467 e. The average molecular weight is 346 g/mol. The Kier molecular flexibility index (Phi) is 6.13. The molecule has 0 bridgehead atoms. The molecular formula is C14H17BrFNO3. The summed E-state index contributed by atoms with van der Waals surface area (Å²) in [7, 11) is 1.26. The fourth-order valence-corrected chi connectivity index (χ4v) is 1.95. The van der Waals surface area contributed by atoms with Gasteiger partial charge in [-0.05, 0) is 46.5 Å². The van der Waals surface area contributed by atoms with Crippen molar-refractivity contribution in [3.8, 4) is 0 Å². The third-order valence-electron chi connectivity index (χ3n) is 2.68. The predicted molar refractivity (Wildman–Crippen MR) is 76.8 cm³/mol. The van der Waals surface area contributed by atoms with Crippen LogP contribution >= 0.6 is 15.9 Å². The predicted octanol–water partition coefficient (Wildman–Crippen LogP) is 2.91. The van der Waals surface area contributed by atoms with Gasteiger partial charge in [0.05, 0.1) is 11.6 Å². The van der Waals surface area contributed by atoms with Gasteiger partial charge in [-0.2, -0.15) is 0 Å². The average Bonchev–Trinajstić information content (AvgIpc) is 2.39. The topological polar surface area (TPSA) is 55.4 Å². The molecule has 1 aromatic rings. The summed E-state index contributed by atoms with van der Waals surface area (Å²) in [5.41, 5.74) is 0.156. The molecule has 4 nitrogen and oxygen atoms in total. The van der Waals surface area contributed by atoms with Crippen LogP contribution in [0.2, 0.25) is 0 Å². The SMILES string of the molecule is COC(=O)C(CC(C)C)NC(=O)c1ccc(Br)c(F)c1. The molecule has 0 aliphatic carbocycles. The molecule has 6 heteroatoms. The van der Waals surface area contributed by atoms with Gasteiger partial charge >= 0.3 is 5.97 Å². The highest BCUT2D eigenvalue weighted by Gasteiger charge is 2.23. The van der Waals surface area contributed by atoms with Gasteiger partial charge in [-0.25, -0.2) is 9.18 Å². The molecule has 0 saturated carbocycles. The molecule has 0 aromatic heterocycles. The van der Waals surface area contributed by atoms with Gasteiger partial charge in [-0.15, -0.1) is 0 Å². The second-order valence-electron chi connectivity index (χ2n) is 4.81. The van der Waals surface area contributed by atoms with E-state index in [2.05, 4.69) is 26.0 Å². The first-order chi connectivity index (χ1) is 9.35. The summed E-state index contributed by atoms with van der Waals surface area (Å²) in [6.45, 7) is 3.86. The summed E-state index contributed by atoms with van der Waals surface area (Å²) < 4.78 is 18.3.